The maximum atomic E-state index is 13.5. The lowest BCUT2D eigenvalue weighted by molar-refractivity contribution is -0.156. The summed E-state index contributed by atoms with van der Waals surface area (Å²) in [5.41, 5.74) is 0.463. The van der Waals surface area contributed by atoms with Gasteiger partial charge in [-0.15, -0.1) is 0 Å². The number of nitrogens with zero attached hydrogens (tertiary/aromatic N) is 1. The Labute approximate surface area is 178 Å². The lowest BCUT2D eigenvalue weighted by atomic mass is 9.47. The Kier molecular flexibility index (Phi) is 4.73. The van der Waals surface area contributed by atoms with E-state index in [4.69, 9.17) is 0 Å². The fourth-order valence-electron chi connectivity index (χ4n) is 8.17. The third-order valence-electron chi connectivity index (χ3n) is 9.70. The molecule has 1 heterocycles. The van der Waals surface area contributed by atoms with Gasteiger partial charge in [0.15, 0.2) is 0 Å². The molecule has 29 heavy (non-hydrogen) atoms. The van der Waals surface area contributed by atoms with E-state index in [9.17, 15) is 9.00 Å². The summed E-state index contributed by atoms with van der Waals surface area (Å²) < 4.78 is 13.5. The van der Waals surface area contributed by atoms with Crippen LogP contribution in [0.25, 0.3) is 0 Å². The molecule has 1 aromatic carbocycles. The van der Waals surface area contributed by atoms with Crippen molar-refractivity contribution >= 4 is 16.7 Å². The summed E-state index contributed by atoms with van der Waals surface area (Å²) >= 11 is 0. The highest BCUT2D eigenvalue weighted by atomic mass is 32.2. The molecular formula is C25H35NO2S. The van der Waals surface area contributed by atoms with E-state index < -0.39 is 10.8 Å². The van der Waals surface area contributed by atoms with Gasteiger partial charge in [-0.05, 0) is 85.7 Å². The van der Waals surface area contributed by atoms with Gasteiger partial charge < -0.3 is 4.90 Å². The average Bonchev–Trinajstić information content (AvgIpc) is 3.08. The zero-order valence-electron chi connectivity index (χ0n) is 18.1. The summed E-state index contributed by atoms with van der Waals surface area (Å²) in [7, 11) is 1.12. The van der Waals surface area contributed by atoms with Crippen LogP contribution in [0, 0.1) is 28.6 Å². The molecule has 4 aliphatic rings. The first-order valence-electron chi connectivity index (χ1n) is 11.6. The third kappa shape index (κ3) is 2.80. The molecule has 1 unspecified atom stereocenters. The molecule has 0 radical (unpaired) electrons. The Morgan fingerprint density at radius 3 is 2.41 bits per heavy atom. The Morgan fingerprint density at radius 2 is 1.66 bits per heavy atom. The molecule has 1 saturated heterocycles. The molecule has 0 bridgehead atoms. The van der Waals surface area contributed by atoms with Crippen LogP contribution in [0.1, 0.15) is 65.2 Å². The number of carbonyl (C=O) groups is 1. The number of fused-ring (bicyclic) bond motifs is 5. The normalized spacial score (nSPS) is 45.3. The van der Waals surface area contributed by atoms with Crippen LogP contribution in [-0.2, 0) is 15.6 Å². The van der Waals surface area contributed by atoms with E-state index in [-0.39, 0.29) is 16.1 Å². The summed E-state index contributed by atoms with van der Waals surface area (Å²) in [4.78, 5) is 15.4. The van der Waals surface area contributed by atoms with Crippen LogP contribution in [0.5, 0.6) is 0 Å². The first kappa shape index (κ1) is 19.8. The van der Waals surface area contributed by atoms with Crippen LogP contribution in [-0.4, -0.2) is 33.4 Å². The predicted molar refractivity (Wildman–Crippen MR) is 117 cm³/mol. The minimum absolute atomic E-state index is 0.196. The van der Waals surface area contributed by atoms with Crippen LogP contribution >= 0.6 is 0 Å². The maximum Gasteiger partial charge on any atom is 0.222 e. The van der Waals surface area contributed by atoms with Gasteiger partial charge in [-0.3, -0.25) is 9.00 Å². The van der Waals surface area contributed by atoms with E-state index >= 15 is 0 Å². The first-order chi connectivity index (χ1) is 13.9. The lowest BCUT2D eigenvalue weighted by Gasteiger charge is -2.61. The summed E-state index contributed by atoms with van der Waals surface area (Å²) in [5, 5.41) is 0.289. The first-order valence-corrected chi connectivity index (χ1v) is 12.8. The standard InChI is InChI=1S/C25H35NO2S/c1-24-16-14-23(27)26(3)21(24)11-9-18-19-10-12-22(25(19,2)15-13-20(18)24)29(28)17-7-5-4-6-8-17/h4-8,18-22H,9-16H2,1-3H3/t18-,19-,20-,21+,22+,24+,25-,29?/m0/s1. The van der Waals surface area contributed by atoms with Gasteiger partial charge in [0.2, 0.25) is 5.91 Å². The molecule has 0 spiro atoms. The second-order valence-electron chi connectivity index (χ2n) is 10.7. The Hall–Kier alpha value is -1.16. The van der Waals surface area contributed by atoms with Gasteiger partial charge >= 0.3 is 0 Å². The van der Waals surface area contributed by atoms with Crippen LogP contribution in [0.15, 0.2) is 35.2 Å². The number of hydrogen-bond acceptors (Lipinski definition) is 2. The predicted octanol–water partition coefficient (Wildman–Crippen LogP) is 5.03. The summed E-state index contributed by atoms with van der Waals surface area (Å²) in [6, 6.07) is 10.5. The van der Waals surface area contributed by atoms with Gasteiger partial charge in [0.25, 0.3) is 0 Å². The summed E-state index contributed by atoms with van der Waals surface area (Å²) in [6.07, 6.45) is 8.95. The van der Waals surface area contributed by atoms with E-state index in [2.05, 4.69) is 18.7 Å². The van der Waals surface area contributed by atoms with Crippen molar-refractivity contribution in [3.63, 3.8) is 0 Å². The lowest BCUT2D eigenvalue weighted by Crippen LogP contribution is -2.61. The number of rotatable bonds is 2. The summed E-state index contributed by atoms with van der Waals surface area (Å²) in [5.74, 6) is 2.50. The van der Waals surface area contributed by atoms with Crippen LogP contribution in [0.3, 0.4) is 0 Å². The maximum absolute atomic E-state index is 13.5. The number of amides is 1. The molecule has 3 nitrogen and oxygen atoms in total. The van der Waals surface area contributed by atoms with Crippen molar-refractivity contribution in [1.29, 1.82) is 0 Å². The SMILES string of the molecule is CN1C(=O)CC[C@]2(C)[C@H]3CC[C@@]4(C)[C@@H](CC[C@H]4S(=O)c4ccccc4)[C@@H]3CC[C@@H]12. The molecule has 158 valence electrons. The average molecular weight is 414 g/mol. The number of likely N-dealkylation sites (tertiary alicyclic amines) is 1. The van der Waals surface area contributed by atoms with E-state index in [1.54, 1.807) is 0 Å². The molecule has 1 aromatic rings. The molecule has 0 N–H and O–H groups in total. The van der Waals surface area contributed by atoms with E-state index in [1.807, 2.05) is 37.4 Å². The molecule has 0 aromatic heterocycles. The fourth-order valence-corrected chi connectivity index (χ4v) is 10.1. The van der Waals surface area contributed by atoms with Crippen molar-refractivity contribution in [2.24, 2.45) is 28.6 Å². The number of piperidine rings is 1. The van der Waals surface area contributed by atoms with Crippen molar-refractivity contribution in [3.05, 3.63) is 30.3 Å². The van der Waals surface area contributed by atoms with Crippen molar-refractivity contribution in [3.8, 4) is 0 Å². The molecule has 4 fully saturated rings. The zero-order valence-corrected chi connectivity index (χ0v) is 18.9. The van der Waals surface area contributed by atoms with Crippen molar-refractivity contribution in [2.75, 3.05) is 7.05 Å². The van der Waals surface area contributed by atoms with Crippen LogP contribution in [0.2, 0.25) is 0 Å². The van der Waals surface area contributed by atoms with Gasteiger partial charge in [-0.2, -0.15) is 0 Å². The highest BCUT2D eigenvalue weighted by Gasteiger charge is 2.61. The quantitative estimate of drug-likeness (QED) is 0.682. The van der Waals surface area contributed by atoms with Crippen LogP contribution in [0.4, 0.5) is 0 Å². The highest BCUT2D eigenvalue weighted by molar-refractivity contribution is 7.85. The highest BCUT2D eigenvalue weighted by Crippen LogP contribution is 2.65. The summed E-state index contributed by atoms with van der Waals surface area (Å²) in [6.45, 7) is 4.94. The van der Waals surface area contributed by atoms with Crippen LogP contribution < -0.4 is 0 Å². The van der Waals surface area contributed by atoms with Crippen molar-refractivity contribution in [1.82, 2.24) is 4.90 Å². The Balaban J connectivity index is 1.42. The second kappa shape index (κ2) is 6.93. The molecule has 1 amide bonds. The molecule has 8 atom stereocenters. The van der Waals surface area contributed by atoms with Gasteiger partial charge in [0, 0.05) is 29.7 Å². The van der Waals surface area contributed by atoms with Crippen molar-refractivity contribution in [2.45, 2.75) is 81.4 Å². The molecule has 4 heteroatoms. The van der Waals surface area contributed by atoms with E-state index in [1.165, 1.54) is 25.7 Å². The second-order valence-corrected chi connectivity index (χ2v) is 12.3. The Morgan fingerprint density at radius 1 is 0.931 bits per heavy atom. The van der Waals surface area contributed by atoms with Gasteiger partial charge in [-0.25, -0.2) is 0 Å². The molecular weight excluding hydrogens is 378 g/mol. The topological polar surface area (TPSA) is 37.4 Å². The fraction of sp³-hybridized carbons (Fsp3) is 0.720. The minimum Gasteiger partial charge on any atom is -0.342 e. The molecule has 3 aliphatic carbocycles. The number of benzene rings is 1. The monoisotopic (exact) mass is 413 g/mol. The molecule has 3 saturated carbocycles. The third-order valence-corrected chi connectivity index (χ3v) is 11.7. The largest absolute Gasteiger partial charge is 0.342 e. The zero-order chi connectivity index (χ0) is 20.4. The van der Waals surface area contributed by atoms with E-state index in [0.717, 1.165) is 42.4 Å². The number of carbonyl (C=O) groups excluding carboxylic acids is 1. The number of hydrogen-bond donors (Lipinski definition) is 0. The Bertz CT molecular complexity index is 825. The molecule has 5 rings (SSSR count). The van der Waals surface area contributed by atoms with Gasteiger partial charge in [-0.1, -0.05) is 32.0 Å². The van der Waals surface area contributed by atoms with E-state index in [0.29, 0.717) is 17.9 Å². The minimum atomic E-state index is -0.910. The van der Waals surface area contributed by atoms with Crippen molar-refractivity contribution < 1.29 is 9.00 Å². The smallest absolute Gasteiger partial charge is 0.222 e. The molecule has 1 aliphatic heterocycles. The van der Waals surface area contributed by atoms with Gasteiger partial charge in [0.05, 0.1) is 10.8 Å². The van der Waals surface area contributed by atoms with Gasteiger partial charge in [0.1, 0.15) is 0 Å².